The molecule has 0 unspecified atom stereocenters. The Labute approximate surface area is 233 Å². The molecule has 0 aromatic heterocycles. The Morgan fingerprint density at radius 1 is 0.795 bits per heavy atom. The molecule has 0 fully saturated rings. The number of ether oxygens (including phenoxy) is 7. The van der Waals surface area contributed by atoms with E-state index >= 15 is 0 Å². The topological polar surface area (TPSA) is 123 Å². The van der Waals surface area contributed by atoms with Gasteiger partial charge in [-0.2, -0.15) is 5.10 Å². The van der Waals surface area contributed by atoms with Gasteiger partial charge in [0.2, 0.25) is 5.75 Å². The Kier molecular flexibility index (Phi) is 10.4. The second-order valence-electron chi connectivity index (χ2n) is 7.59. The van der Waals surface area contributed by atoms with Crippen LogP contribution in [0, 0.1) is 0 Å². The molecule has 12 heteroatoms. The van der Waals surface area contributed by atoms with E-state index in [1.807, 2.05) is 0 Å². The van der Waals surface area contributed by atoms with E-state index in [2.05, 4.69) is 26.5 Å². The highest BCUT2D eigenvalue weighted by Gasteiger charge is 2.19. The Morgan fingerprint density at radius 3 is 2.05 bits per heavy atom. The second-order valence-corrected chi connectivity index (χ2v) is 8.45. The fraction of sp³-hybridized carbons (Fsp3) is 0.222. The second kappa shape index (κ2) is 13.9. The number of esters is 1. The molecule has 0 saturated carbocycles. The number of benzene rings is 3. The molecule has 11 nitrogen and oxygen atoms in total. The van der Waals surface area contributed by atoms with Gasteiger partial charge in [-0.25, -0.2) is 10.2 Å². The van der Waals surface area contributed by atoms with Crippen LogP contribution in [0.25, 0.3) is 0 Å². The highest BCUT2D eigenvalue weighted by Crippen LogP contribution is 2.39. The molecule has 1 amide bonds. The van der Waals surface area contributed by atoms with Crippen molar-refractivity contribution in [2.75, 3.05) is 42.2 Å². The van der Waals surface area contributed by atoms with Gasteiger partial charge in [0.1, 0.15) is 11.5 Å². The summed E-state index contributed by atoms with van der Waals surface area (Å²) in [5.74, 6) is 1.44. The minimum absolute atomic E-state index is 0.177. The maximum absolute atomic E-state index is 12.8. The monoisotopic (exact) mass is 602 g/mol. The molecule has 39 heavy (non-hydrogen) atoms. The summed E-state index contributed by atoms with van der Waals surface area (Å²) in [5, 5.41) is 3.93. The van der Waals surface area contributed by atoms with Crippen LogP contribution in [-0.2, 0) is 4.79 Å². The van der Waals surface area contributed by atoms with E-state index in [0.717, 1.165) is 0 Å². The molecule has 3 aromatic rings. The summed E-state index contributed by atoms with van der Waals surface area (Å²) in [6.45, 7) is -0.249. The highest BCUT2D eigenvalue weighted by atomic mass is 79.9. The molecule has 0 aliphatic rings. The van der Waals surface area contributed by atoms with Crippen LogP contribution in [0.15, 0.2) is 58.1 Å². The van der Waals surface area contributed by atoms with Crippen molar-refractivity contribution in [2.45, 2.75) is 0 Å². The lowest BCUT2D eigenvalue weighted by Crippen LogP contribution is -2.24. The summed E-state index contributed by atoms with van der Waals surface area (Å²) >= 11 is 3.36. The van der Waals surface area contributed by atoms with Crippen molar-refractivity contribution >= 4 is 34.0 Å². The minimum Gasteiger partial charge on any atom is -0.497 e. The van der Waals surface area contributed by atoms with Crippen molar-refractivity contribution in [2.24, 2.45) is 5.10 Å². The number of carbonyl (C=O) groups excluding carboxylic acids is 2. The number of nitrogens with zero attached hydrogens (tertiary/aromatic N) is 1. The number of methoxy groups -OCH3 is 5. The van der Waals surface area contributed by atoms with Crippen LogP contribution in [0.2, 0.25) is 0 Å². The lowest BCUT2D eigenvalue weighted by Gasteiger charge is -2.14. The van der Waals surface area contributed by atoms with Crippen molar-refractivity contribution in [1.29, 1.82) is 0 Å². The highest BCUT2D eigenvalue weighted by molar-refractivity contribution is 9.10. The number of hydrogen-bond donors (Lipinski definition) is 1. The molecule has 3 aromatic carbocycles. The van der Waals surface area contributed by atoms with Crippen molar-refractivity contribution < 1.29 is 42.7 Å². The molecule has 0 aliphatic heterocycles. The number of nitrogens with one attached hydrogen (secondary N) is 1. The number of hydrazone groups is 1. The van der Waals surface area contributed by atoms with Gasteiger partial charge < -0.3 is 33.2 Å². The molecule has 0 aliphatic carbocycles. The van der Waals surface area contributed by atoms with E-state index in [9.17, 15) is 9.59 Å². The average molecular weight is 603 g/mol. The molecular weight excluding hydrogens is 576 g/mol. The van der Waals surface area contributed by atoms with Crippen LogP contribution in [0.5, 0.6) is 40.2 Å². The molecule has 0 heterocycles. The normalized spacial score (nSPS) is 10.5. The van der Waals surface area contributed by atoms with E-state index < -0.39 is 11.9 Å². The Hall–Kier alpha value is -4.45. The maximum atomic E-state index is 12.8. The van der Waals surface area contributed by atoms with Crippen LogP contribution in [0.1, 0.15) is 15.9 Å². The van der Waals surface area contributed by atoms with Gasteiger partial charge in [-0.3, -0.25) is 4.79 Å². The van der Waals surface area contributed by atoms with Gasteiger partial charge in [0.15, 0.2) is 29.6 Å². The summed E-state index contributed by atoms with van der Waals surface area (Å²) in [6.07, 6.45) is 1.41. The molecule has 206 valence electrons. The van der Waals surface area contributed by atoms with E-state index in [1.54, 1.807) is 43.5 Å². The predicted octanol–water partition coefficient (Wildman–Crippen LogP) is 4.24. The largest absolute Gasteiger partial charge is 0.497 e. The Bertz CT molecular complexity index is 1340. The van der Waals surface area contributed by atoms with Gasteiger partial charge in [0.05, 0.1) is 51.8 Å². The zero-order valence-corrected chi connectivity index (χ0v) is 23.5. The van der Waals surface area contributed by atoms with Crippen LogP contribution in [0.3, 0.4) is 0 Å². The van der Waals surface area contributed by atoms with Gasteiger partial charge >= 0.3 is 5.97 Å². The van der Waals surface area contributed by atoms with Crippen LogP contribution < -0.4 is 38.6 Å². The smallest absolute Gasteiger partial charge is 0.343 e. The number of hydrogen-bond acceptors (Lipinski definition) is 10. The molecule has 1 N–H and O–H groups in total. The number of amides is 1. The van der Waals surface area contributed by atoms with Crippen LogP contribution >= 0.6 is 15.9 Å². The van der Waals surface area contributed by atoms with Crippen molar-refractivity contribution in [3.63, 3.8) is 0 Å². The summed E-state index contributed by atoms with van der Waals surface area (Å²) < 4.78 is 38.0. The minimum atomic E-state index is -0.662. The van der Waals surface area contributed by atoms with E-state index in [-0.39, 0.29) is 23.7 Å². The quantitative estimate of drug-likeness (QED) is 0.140. The van der Waals surface area contributed by atoms with Crippen molar-refractivity contribution in [1.82, 2.24) is 5.43 Å². The van der Waals surface area contributed by atoms with Gasteiger partial charge in [-0.1, -0.05) is 0 Å². The van der Waals surface area contributed by atoms with E-state index in [0.29, 0.717) is 38.8 Å². The molecule has 0 radical (unpaired) electrons. The third kappa shape index (κ3) is 7.54. The molecule has 3 rings (SSSR count). The standard InChI is InChI=1S/C27H27BrN2O9/c1-33-18-7-9-20(19(28)13-18)38-15-25(31)30-29-14-16-6-8-21(22(10-16)34-2)39-27(32)17-11-23(35-3)26(37-5)24(12-17)36-4/h6-14H,15H2,1-5H3,(H,30,31). The van der Waals surface area contributed by atoms with Crippen LogP contribution in [-0.4, -0.2) is 60.2 Å². The first-order valence-electron chi connectivity index (χ1n) is 11.3. The molecule has 0 atom stereocenters. The molecule has 0 spiro atoms. The van der Waals surface area contributed by atoms with E-state index in [4.69, 9.17) is 33.2 Å². The summed E-state index contributed by atoms with van der Waals surface area (Å²) in [4.78, 5) is 25.0. The lowest BCUT2D eigenvalue weighted by atomic mass is 10.1. The summed E-state index contributed by atoms with van der Waals surface area (Å²) in [7, 11) is 7.36. The maximum Gasteiger partial charge on any atom is 0.343 e. The number of halogens is 1. The fourth-order valence-corrected chi connectivity index (χ4v) is 3.76. The number of carbonyl (C=O) groups is 2. The fourth-order valence-electron chi connectivity index (χ4n) is 3.29. The first-order valence-corrected chi connectivity index (χ1v) is 12.1. The number of rotatable bonds is 12. The molecule has 0 bridgehead atoms. The van der Waals surface area contributed by atoms with Gasteiger partial charge in [0, 0.05) is 0 Å². The third-order valence-electron chi connectivity index (χ3n) is 5.19. The van der Waals surface area contributed by atoms with Crippen LogP contribution in [0.4, 0.5) is 0 Å². The first kappa shape index (κ1) is 29.1. The molecular formula is C27H27BrN2O9. The van der Waals surface area contributed by atoms with E-state index in [1.165, 1.54) is 46.8 Å². The zero-order chi connectivity index (χ0) is 28.4. The Morgan fingerprint density at radius 2 is 1.46 bits per heavy atom. The SMILES string of the molecule is COc1ccc(OCC(=O)NN=Cc2ccc(OC(=O)c3cc(OC)c(OC)c(OC)c3)c(OC)c2)c(Br)c1. The first-order chi connectivity index (χ1) is 18.8. The third-order valence-corrected chi connectivity index (χ3v) is 5.81. The summed E-state index contributed by atoms with van der Waals surface area (Å²) in [6, 6.07) is 12.9. The zero-order valence-electron chi connectivity index (χ0n) is 21.9. The summed E-state index contributed by atoms with van der Waals surface area (Å²) in [5.41, 5.74) is 3.15. The van der Waals surface area contributed by atoms with Gasteiger partial charge in [-0.15, -0.1) is 0 Å². The average Bonchev–Trinajstić information content (AvgIpc) is 2.96. The Balaban J connectivity index is 1.63. The predicted molar refractivity (Wildman–Crippen MR) is 146 cm³/mol. The van der Waals surface area contributed by atoms with Gasteiger partial charge in [0.25, 0.3) is 5.91 Å². The van der Waals surface area contributed by atoms with Crippen molar-refractivity contribution in [3.8, 4) is 40.2 Å². The van der Waals surface area contributed by atoms with Gasteiger partial charge in [-0.05, 0) is 70.0 Å². The lowest BCUT2D eigenvalue weighted by molar-refractivity contribution is -0.123. The molecule has 0 saturated heterocycles. The van der Waals surface area contributed by atoms with Crippen molar-refractivity contribution in [3.05, 3.63) is 64.1 Å².